The van der Waals surface area contributed by atoms with E-state index in [1.54, 1.807) is 0 Å². The van der Waals surface area contributed by atoms with Gasteiger partial charge in [-0.1, -0.05) is 6.92 Å². The number of hydrogen-bond donors (Lipinski definition) is 10. The lowest BCUT2D eigenvalue weighted by molar-refractivity contribution is -0.165. The van der Waals surface area contributed by atoms with Crippen molar-refractivity contribution in [1.82, 2.24) is 9.80 Å². The van der Waals surface area contributed by atoms with E-state index in [-0.39, 0.29) is 6.10 Å². The summed E-state index contributed by atoms with van der Waals surface area (Å²) in [6, 6.07) is 0.540. The normalized spacial score (nSPS) is 21.7. The number of aliphatic hydroxyl groups is 5. The molecule has 1 rings (SSSR count). The van der Waals surface area contributed by atoms with Crippen molar-refractivity contribution in [3.8, 4) is 0 Å². The third-order valence-corrected chi connectivity index (χ3v) is 5.05. The molecule has 7 atom stereocenters. The van der Waals surface area contributed by atoms with E-state index < -0.39 is 54.3 Å². The molecule has 17 nitrogen and oxygen atoms in total. The molecule has 10 N–H and O–H groups in total. The van der Waals surface area contributed by atoms with Crippen molar-refractivity contribution in [2.45, 2.75) is 70.2 Å². The zero-order valence-electron chi connectivity index (χ0n) is 22.5. The predicted octanol–water partition coefficient (Wildman–Crippen LogP) is -3.12. The third kappa shape index (κ3) is 20.7. The van der Waals surface area contributed by atoms with Gasteiger partial charge in [-0.15, -0.1) is 0 Å². The second-order valence-electron chi connectivity index (χ2n) is 8.93. The largest absolute Gasteiger partial charge is 0.481 e. The minimum absolute atomic E-state index is 0.0925. The molecule has 0 aromatic carbocycles. The summed E-state index contributed by atoms with van der Waals surface area (Å²) in [7, 11) is 4.23. The number of piperidine rings is 1. The van der Waals surface area contributed by atoms with Crippen LogP contribution in [0, 0.1) is 5.92 Å². The number of likely N-dealkylation sites (tertiary alicyclic amines) is 1. The highest BCUT2D eigenvalue weighted by atomic mass is 16.4. The number of carbonyl (C=O) groups is 5. The van der Waals surface area contributed by atoms with Gasteiger partial charge in [-0.3, -0.25) is 4.79 Å². The van der Waals surface area contributed by atoms with Gasteiger partial charge in [-0.05, 0) is 52.9 Å². The smallest absolute Gasteiger partial charge is 0.335 e. The summed E-state index contributed by atoms with van der Waals surface area (Å²) >= 11 is 0. The van der Waals surface area contributed by atoms with Gasteiger partial charge in [0, 0.05) is 19.5 Å². The van der Waals surface area contributed by atoms with Gasteiger partial charge in [0.25, 0.3) is 5.97 Å². The van der Waals surface area contributed by atoms with Crippen molar-refractivity contribution < 1.29 is 75.0 Å². The Morgan fingerprint density at radius 3 is 1.33 bits per heavy atom. The van der Waals surface area contributed by atoms with Crippen LogP contribution in [0.1, 0.15) is 33.6 Å². The first-order valence-corrected chi connectivity index (χ1v) is 11.6. The highest BCUT2D eigenvalue weighted by Gasteiger charge is 2.30. The van der Waals surface area contributed by atoms with Gasteiger partial charge in [-0.2, -0.15) is 0 Å². The van der Waals surface area contributed by atoms with Crippen LogP contribution in [0.4, 0.5) is 0 Å². The Morgan fingerprint density at radius 1 is 0.769 bits per heavy atom. The molecule has 0 radical (unpaired) electrons. The van der Waals surface area contributed by atoms with Crippen LogP contribution in [0.5, 0.6) is 0 Å². The van der Waals surface area contributed by atoms with Crippen molar-refractivity contribution in [2.75, 3.05) is 33.7 Å². The van der Waals surface area contributed by atoms with Crippen LogP contribution in [0.25, 0.3) is 0 Å². The lowest BCUT2D eigenvalue weighted by atomic mass is 9.92. The molecule has 0 aromatic heterocycles. The standard InChI is InChI=1S/C12H26N2O.2C4H6O6.C2H4O2/c1-10-9-14(7-5-6-13(3)4)11(2)8-12(10)15;2*5-1(3(7)8)2(6)4(9)10;1-2(3)4/h10-12,15H,5-9H2,1-4H3;2*1-2,5-6H,(H,7,8)(H,9,10);1H3,(H,3,4). The molecule has 0 saturated carbocycles. The molecule has 7 unspecified atom stereocenters. The molecule has 0 aliphatic carbocycles. The van der Waals surface area contributed by atoms with Gasteiger partial charge in [0.2, 0.25) is 0 Å². The summed E-state index contributed by atoms with van der Waals surface area (Å²) in [4.78, 5) is 52.8. The van der Waals surface area contributed by atoms with Gasteiger partial charge in [0.05, 0.1) is 6.10 Å². The Balaban J connectivity index is -0.000000479. The number of hydrogen-bond acceptors (Lipinski definition) is 12. The summed E-state index contributed by atoms with van der Waals surface area (Å²) in [5, 5.41) is 82.2. The summed E-state index contributed by atoms with van der Waals surface area (Å²) in [6.45, 7) is 8.83. The van der Waals surface area contributed by atoms with E-state index in [0.29, 0.717) is 12.0 Å². The predicted molar refractivity (Wildman–Crippen MR) is 132 cm³/mol. The van der Waals surface area contributed by atoms with Crippen LogP contribution in [0.15, 0.2) is 0 Å². The molecule has 1 aliphatic heterocycles. The van der Waals surface area contributed by atoms with Gasteiger partial charge in [0.1, 0.15) is 0 Å². The van der Waals surface area contributed by atoms with E-state index >= 15 is 0 Å². The van der Waals surface area contributed by atoms with Gasteiger partial charge < -0.3 is 60.9 Å². The first kappa shape index (κ1) is 40.6. The number of rotatable bonds is 10. The first-order valence-electron chi connectivity index (χ1n) is 11.6. The van der Waals surface area contributed by atoms with E-state index in [1.165, 1.54) is 6.42 Å². The van der Waals surface area contributed by atoms with E-state index in [4.69, 9.17) is 50.8 Å². The number of aliphatic carboxylic acids is 5. The van der Waals surface area contributed by atoms with Crippen molar-refractivity contribution in [3.63, 3.8) is 0 Å². The minimum atomic E-state index is -2.27. The monoisotopic (exact) mass is 574 g/mol. The van der Waals surface area contributed by atoms with Crippen LogP contribution in [-0.4, -0.2) is 161 Å². The number of nitrogens with zero attached hydrogens (tertiary/aromatic N) is 2. The average Bonchev–Trinajstić information content (AvgIpc) is 2.80. The second kappa shape index (κ2) is 21.0. The van der Waals surface area contributed by atoms with Gasteiger partial charge in [-0.25, -0.2) is 19.2 Å². The fourth-order valence-electron chi connectivity index (χ4n) is 2.84. The Kier molecular flexibility index (Phi) is 21.8. The second-order valence-corrected chi connectivity index (χ2v) is 8.93. The highest BCUT2D eigenvalue weighted by Crippen LogP contribution is 2.21. The van der Waals surface area contributed by atoms with E-state index in [1.807, 2.05) is 0 Å². The van der Waals surface area contributed by atoms with Crippen molar-refractivity contribution in [3.05, 3.63) is 0 Å². The van der Waals surface area contributed by atoms with E-state index in [2.05, 4.69) is 37.7 Å². The van der Waals surface area contributed by atoms with Gasteiger partial charge >= 0.3 is 23.9 Å². The maximum Gasteiger partial charge on any atom is 0.335 e. The summed E-state index contributed by atoms with van der Waals surface area (Å²) in [5.74, 6) is -7.48. The molecule has 1 saturated heterocycles. The van der Waals surface area contributed by atoms with Crippen molar-refractivity contribution in [2.24, 2.45) is 5.92 Å². The van der Waals surface area contributed by atoms with E-state index in [9.17, 15) is 24.3 Å². The van der Waals surface area contributed by atoms with Gasteiger partial charge in [0.15, 0.2) is 24.4 Å². The zero-order valence-corrected chi connectivity index (χ0v) is 22.5. The molecule has 0 bridgehead atoms. The number of aliphatic hydroxyl groups excluding tert-OH is 5. The lowest BCUT2D eigenvalue weighted by Crippen LogP contribution is -2.47. The third-order valence-electron chi connectivity index (χ3n) is 5.05. The highest BCUT2D eigenvalue weighted by molar-refractivity contribution is 5.83. The summed E-state index contributed by atoms with van der Waals surface area (Å²) < 4.78 is 0. The minimum Gasteiger partial charge on any atom is -0.481 e. The molecule has 39 heavy (non-hydrogen) atoms. The lowest BCUT2D eigenvalue weighted by Gasteiger charge is -2.39. The van der Waals surface area contributed by atoms with Crippen molar-refractivity contribution >= 4 is 29.8 Å². The van der Waals surface area contributed by atoms with Crippen LogP contribution in [0.2, 0.25) is 0 Å². The molecule has 1 fully saturated rings. The Hall–Kier alpha value is -2.93. The summed E-state index contributed by atoms with van der Waals surface area (Å²) in [5.41, 5.74) is 0. The first-order chi connectivity index (χ1) is 17.7. The van der Waals surface area contributed by atoms with Crippen LogP contribution >= 0.6 is 0 Å². The Bertz CT molecular complexity index is 688. The molecule has 1 aliphatic rings. The topological polar surface area (TPSA) is 294 Å². The molecule has 17 heteroatoms. The molecule has 0 amide bonds. The van der Waals surface area contributed by atoms with E-state index in [0.717, 1.165) is 33.0 Å². The Labute approximate surface area is 225 Å². The van der Waals surface area contributed by atoms with Crippen LogP contribution in [0.3, 0.4) is 0 Å². The van der Waals surface area contributed by atoms with Crippen molar-refractivity contribution in [1.29, 1.82) is 0 Å². The molecular weight excluding hydrogens is 532 g/mol. The average molecular weight is 575 g/mol. The fourth-order valence-corrected chi connectivity index (χ4v) is 2.84. The van der Waals surface area contributed by atoms with Crippen LogP contribution in [-0.2, 0) is 24.0 Å². The molecule has 1 heterocycles. The fraction of sp³-hybridized carbons (Fsp3) is 0.773. The zero-order chi connectivity index (χ0) is 31.6. The Morgan fingerprint density at radius 2 is 1.08 bits per heavy atom. The summed E-state index contributed by atoms with van der Waals surface area (Å²) in [6.07, 6.45) is -7.00. The molecule has 0 spiro atoms. The quantitative estimate of drug-likeness (QED) is 0.123. The SMILES string of the molecule is CC(=O)O.CC1CN(CCCN(C)C)C(C)CC1O.O=C(O)C(O)C(O)C(=O)O.O=C(O)C(O)C(O)C(=O)O. The van der Waals surface area contributed by atoms with Crippen LogP contribution < -0.4 is 0 Å². The molecule has 0 aromatic rings. The molecule has 230 valence electrons. The maximum absolute atomic E-state index is 9.77. The molecular formula is C22H42N2O15. The maximum atomic E-state index is 9.77. The number of carboxylic acid groups (broad SMARTS) is 5. The number of carboxylic acids is 5.